The van der Waals surface area contributed by atoms with Crippen LogP contribution in [0, 0.1) is 0 Å². The molecule has 2 heteroatoms. The van der Waals surface area contributed by atoms with Crippen LogP contribution in [0.3, 0.4) is 0 Å². The predicted molar refractivity (Wildman–Crippen MR) is 53.6 cm³/mol. The maximum absolute atomic E-state index is 5.61. The highest BCUT2D eigenvalue weighted by molar-refractivity contribution is 5.08. The largest absolute Gasteiger partial charge is 0.376 e. The molecule has 0 radical (unpaired) electrons. The van der Waals surface area contributed by atoms with Crippen molar-refractivity contribution in [1.82, 2.24) is 4.98 Å². The van der Waals surface area contributed by atoms with E-state index in [0.717, 1.165) is 13.0 Å². The number of hydrogen-bond acceptors (Lipinski definition) is 2. The zero-order valence-corrected chi connectivity index (χ0v) is 8.58. The fourth-order valence-electron chi connectivity index (χ4n) is 1.02. The SMILES string of the molecule is CC(C)(C)OCCc1cccnc1. The Morgan fingerprint density at radius 2 is 2.15 bits per heavy atom. The van der Waals surface area contributed by atoms with Crippen LogP contribution in [0.5, 0.6) is 0 Å². The molecule has 0 amide bonds. The Kier molecular flexibility index (Phi) is 3.43. The molecule has 72 valence electrons. The number of rotatable bonds is 3. The topological polar surface area (TPSA) is 22.1 Å². The third-order valence-corrected chi connectivity index (χ3v) is 1.65. The molecular weight excluding hydrogens is 162 g/mol. The van der Waals surface area contributed by atoms with E-state index >= 15 is 0 Å². The molecule has 2 nitrogen and oxygen atoms in total. The van der Waals surface area contributed by atoms with Crippen molar-refractivity contribution in [3.63, 3.8) is 0 Å². The van der Waals surface area contributed by atoms with E-state index in [-0.39, 0.29) is 5.60 Å². The molecule has 0 fully saturated rings. The molecule has 0 N–H and O–H groups in total. The van der Waals surface area contributed by atoms with Crippen molar-refractivity contribution in [3.8, 4) is 0 Å². The van der Waals surface area contributed by atoms with Crippen molar-refractivity contribution in [2.24, 2.45) is 0 Å². The van der Waals surface area contributed by atoms with Gasteiger partial charge in [0.25, 0.3) is 0 Å². The van der Waals surface area contributed by atoms with E-state index in [1.54, 1.807) is 6.20 Å². The monoisotopic (exact) mass is 179 g/mol. The van der Waals surface area contributed by atoms with Gasteiger partial charge in [0.15, 0.2) is 0 Å². The lowest BCUT2D eigenvalue weighted by Gasteiger charge is -2.19. The van der Waals surface area contributed by atoms with Gasteiger partial charge in [-0.2, -0.15) is 0 Å². The highest BCUT2D eigenvalue weighted by Crippen LogP contribution is 2.07. The van der Waals surface area contributed by atoms with Gasteiger partial charge in [0.1, 0.15) is 0 Å². The molecule has 0 saturated heterocycles. The van der Waals surface area contributed by atoms with Crippen LogP contribution >= 0.6 is 0 Å². The second-order valence-corrected chi connectivity index (χ2v) is 4.07. The van der Waals surface area contributed by atoms with Gasteiger partial charge in [-0.05, 0) is 38.8 Å². The van der Waals surface area contributed by atoms with Gasteiger partial charge in [-0.15, -0.1) is 0 Å². The number of aromatic nitrogens is 1. The molecule has 0 saturated carbocycles. The lowest BCUT2D eigenvalue weighted by Crippen LogP contribution is -2.20. The lowest BCUT2D eigenvalue weighted by atomic mass is 10.2. The summed E-state index contributed by atoms with van der Waals surface area (Å²) in [5.74, 6) is 0. The van der Waals surface area contributed by atoms with Crippen molar-refractivity contribution in [1.29, 1.82) is 0 Å². The number of pyridine rings is 1. The molecular formula is C11H17NO. The van der Waals surface area contributed by atoms with E-state index in [2.05, 4.69) is 31.8 Å². The summed E-state index contributed by atoms with van der Waals surface area (Å²) in [5, 5.41) is 0. The van der Waals surface area contributed by atoms with Gasteiger partial charge < -0.3 is 4.74 Å². The average Bonchev–Trinajstić information content (AvgIpc) is 2.04. The first-order chi connectivity index (χ1) is 6.08. The molecule has 0 aliphatic rings. The van der Waals surface area contributed by atoms with Crippen molar-refractivity contribution in [2.45, 2.75) is 32.8 Å². The Morgan fingerprint density at radius 3 is 2.69 bits per heavy atom. The first kappa shape index (κ1) is 10.2. The van der Waals surface area contributed by atoms with E-state index in [1.807, 2.05) is 12.3 Å². The Morgan fingerprint density at radius 1 is 1.38 bits per heavy atom. The third-order valence-electron chi connectivity index (χ3n) is 1.65. The van der Waals surface area contributed by atoms with Gasteiger partial charge in [0, 0.05) is 12.4 Å². The minimum Gasteiger partial charge on any atom is -0.376 e. The molecule has 0 bridgehead atoms. The van der Waals surface area contributed by atoms with Crippen molar-refractivity contribution < 1.29 is 4.74 Å². The van der Waals surface area contributed by atoms with Gasteiger partial charge in [-0.3, -0.25) is 4.98 Å². The molecule has 0 aliphatic carbocycles. The normalized spacial score (nSPS) is 11.6. The smallest absolute Gasteiger partial charge is 0.0598 e. The first-order valence-electron chi connectivity index (χ1n) is 4.61. The molecule has 0 spiro atoms. The van der Waals surface area contributed by atoms with Crippen molar-refractivity contribution in [2.75, 3.05) is 6.61 Å². The van der Waals surface area contributed by atoms with Crippen LogP contribution in [0.15, 0.2) is 24.5 Å². The lowest BCUT2D eigenvalue weighted by molar-refractivity contribution is -0.000999. The standard InChI is InChI=1S/C11H17NO/c1-11(2,3)13-8-6-10-5-4-7-12-9-10/h4-5,7,9H,6,8H2,1-3H3. The van der Waals surface area contributed by atoms with Gasteiger partial charge in [-0.25, -0.2) is 0 Å². The summed E-state index contributed by atoms with van der Waals surface area (Å²) >= 11 is 0. The van der Waals surface area contributed by atoms with Crippen LogP contribution in [0.25, 0.3) is 0 Å². The molecule has 13 heavy (non-hydrogen) atoms. The Labute approximate surface area is 80.0 Å². The van der Waals surface area contributed by atoms with Gasteiger partial charge >= 0.3 is 0 Å². The molecule has 1 aromatic heterocycles. The molecule has 1 aromatic rings. The third kappa shape index (κ3) is 4.63. The van der Waals surface area contributed by atoms with E-state index in [4.69, 9.17) is 4.74 Å². The number of nitrogens with zero attached hydrogens (tertiary/aromatic N) is 1. The predicted octanol–water partition coefficient (Wildman–Crippen LogP) is 2.44. The van der Waals surface area contributed by atoms with Crippen LogP contribution in [0.4, 0.5) is 0 Å². The zero-order chi connectivity index (χ0) is 9.73. The highest BCUT2D eigenvalue weighted by atomic mass is 16.5. The number of hydrogen-bond donors (Lipinski definition) is 0. The van der Waals surface area contributed by atoms with Crippen LogP contribution in [0.1, 0.15) is 26.3 Å². The summed E-state index contributed by atoms with van der Waals surface area (Å²) in [5.41, 5.74) is 1.19. The van der Waals surface area contributed by atoms with E-state index in [1.165, 1.54) is 5.56 Å². The Hall–Kier alpha value is -0.890. The maximum Gasteiger partial charge on any atom is 0.0598 e. The Bertz CT molecular complexity index is 238. The molecule has 1 rings (SSSR count). The maximum atomic E-state index is 5.61. The Balaban J connectivity index is 2.29. The summed E-state index contributed by atoms with van der Waals surface area (Å²) in [6.45, 7) is 6.96. The second-order valence-electron chi connectivity index (χ2n) is 4.07. The average molecular weight is 179 g/mol. The van der Waals surface area contributed by atoms with Crippen LogP contribution in [-0.2, 0) is 11.2 Å². The minimum atomic E-state index is -0.0395. The minimum absolute atomic E-state index is 0.0395. The fourth-order valence-corrected chi connectivity index (χ4v) is 1.02. The zero-order valence-electron chi connectivity index (χ0n) is 8.58. The molecule has 1 heterocycles. The van der Waals surface area contributed by atoms with Crippen molar-refractivity contribution in [3.05, 3.63) is 30.1 Å². The van der Waals surface area contributed by atoms with Gasteiger partial charge in [-0.1, -0.05) is 6.07 Å². The van der Waals surface area contributed by atoms with Crippen molar-refractivity contribution >= 4 is 0 Å². The van der Waals surface area contributed by atoms with E-state index in [0.29, 0.717) is 0 Å². The molecule has 0 unspecified atom stereocenters. The summed E-state index contributed by atoms with van der Waals surface area (Å²) in [6, 6.07) is 4.02. The summed E-state index contributed by atoms with van der Waals surface area (Å²) in [7, 11) is 0. The molecule has 0 atom stereocenters. The van der Waals surface area contributed by atoms with E-state index < -0.39 is 0 Å². The van der Waals surface area contributed by atoms with Crippen LogP contribution in [-0.4, -0.2) is 17.2 Å². The molecule has 0 aliphatic heterocycles. The van der Waals surface area contributed by atoms with E-state index in [9.17, 15) is 0 Å². The summed E-state index contributed by atoms with van der Waals surface area (Å²) in [4.78, 5) is 4.04. The fraction of sp³-hybridized carbons (Fsp3) is 0.545. The number of ether oxygens (including phenoxy) is 1. The van der Waals surface area contributed by atoms with Gasteiger partial charge in [0.05, 0.1) is 12.2 Å². The highest BCUT2D eigenvalue weighted by Gasteiger charge is 2.08. The summed E-state index contributed by atoms with van der Waals surface area (Å²) < 4.78 is 5.61. The second kappa shape index (κ2) is 4.38. The molecule has 0 aromatic carbocycles. The van der Waals surface area contributed by atoms with Crippen LogP contribution < -0.4 is 0 Å². The quantitative estimate of drug-likeness (QED) is 0.711. The van der Waals surface area contributed by atoms with Crippen LogP contribution in [0.2, 0.25) is 0 Å². The first-order valence-corrected chi connectivity index (χ1v) is 4.61. The summed E-state index contributed by atoms with van der Waals surface area (Å²) in [6.07, 6.45) is 4.60. The van der Waals surface area contributed by atoms with Gasteiger partial charge in [0.2, 0.25) is 0 Å².